The van der Waals surface area contributed by atoms with E-state index in [4.69, 9.17) is 4.74 Å². The SMILES string of the molecule is CC(=O)NCc1ccc(Oc2ccc(N3C4(CCCS3(=O)=O)C(=O)NC(=O)NC4=O)cn2)cc1. The van der Waals surface area contributed by atoms with Gasteiger partial charge in [-0.2, -0.15) is 0 Å². The van der Waals surface area contributed by atoms with Crippen molar-refractivity contribution in [1.82, 2.24) is 20.9 Å². The lowest BCUT2D eigenvalue weighted by molar-refractivity contribution is -0.138. The van der Waals surface area contributed by atoms with Gasteiger partial charge in [-0.1, -0.05) is 12.1 Å². The molecule has 2 fully saturated rings. The molecule has 2 aliphatic rings. The molecule has 5 amide bonds. The minimum Gasteiger partial charge on any atom is -0.439 e. The maximum absolute atomic E-state index is 12.9. The quantitative estimate of drug-likeness (QED) is 0.515. The summed E-state index contributed by atoms with van der Waals surface area (Å²) in [6.07, 6.45) is 1.16. The number of barbiturate groups is 1. The first kappa shape index (κ1) is 23.2. The van der Waals surface area contributed by atoms with E-state index in [1.165, 1.54) is 25.3 Å². The molecule has 3 heterocycles. The van der Waals surface area contributed by atoms with Gasteiger partial charge in [0.25, 0.3) is 11.8 Å². The molecule has 3 N–H and O–H groups in total. The number of carbonyl (C=O) groups is 4. The average molecular weight is 487 g/mol. The first-order valence-electron chi connectivity index (χ1n) is 10.3. The molecule has 0 unspecified atom stereocenters. The third-order valence-corrected chi connectivity index (χ3v) is 7.30. The maximum Gasteiger partial charge on any atom is 0.328 e. The molecule has 1 aromatic heterocycles. The van der Waals surface area contributed by atoms with Gasteiger partial charge in [0.2, 0.25) is 27.3 Å². The van der Waals surface area contributed by atoms with Crippen LogP contribution < -0.4 is 25.0 Å². The molecule has 0 radical (unpaired) electrons. The van der Waals surface area contributed by atoms with Crippen molar-refractivity contribution in [2.45, 2.75) is 31.8 Å². The second-order valence-corrected chi connectivity index (χ2v) is 9.73. The van der Waals surface area contributed by atoms with Gasteiger partial charge in [-0.25, -0.2) is 22.5 Å². The number of pyridine rings is 1. The highest BCUT2D eigenvalue weighted by atomic mass is 32.2. The lowest BCUT2D eigenvalue weighted by atomic mass is 9.89. The number of ether oxygens (including phenoxy) is 1. The van der Waals surface area contributed by atoms with Gasteiger partial charge in [0.05, 0.1) is 17.6 Å². The minimum atomic E-state index is -4.07. The molecule has 12 nitrogen and oxygen atoms in total. The summed E-state index contributed by atoms with van der Waals surface area (Å²) >= 11 is 0. The molecule has 0 bridgehead atoms. The number of amides is 5. The Labute approximate surface area is 194 Å². The molecule has 178 valence electrons. The van der Waals surface area contributed by atoms with E-state index < -0.39 is 33.4 Å². The summed E-state index contributed by atoms with van der Waals surface area (Å²) in [5, 5.41) is 6.66. The third-order valence-electron chi connectivity index (χ3n) is 5.41. The summed E-state index contributed by atoms with van der Waals surface area (Å²) in [6.45, 7) is 1.80. The van der Waals surface area contributed by atoms with Gasteiger partial charge in [0, 0.05) is 19.5 Å². The Bertz CT molecular complexity index is 1240. The van der Waals surface area contributed by atoms with Crippen LogP contribution in [0.4, 0.5) is 10.5 Å². The van der Waals surface area contributed by atoms with Crippen LogP contribution in [-0.2, 0) is 31.0 Å². The first-order valence-corrected chi connectivity index (χ1v) is 11.9. The molecule has 4 rings (SSSR count). The molecule has 2 saturated heterocycles. The van der Waals surface area contributed by atoms with Gasteiger partial charge in [0.15, 0.2) is 0 Å². The molecule has 0 saturated carbocycles. The Balaban J connectivity index is 1.58. The van der Waals surface area contributed by atoms with Crippen molar-refractivity contribution in [3.8, 4) is 11.6 Å². The fourth-order valence-corrected chi connectivity index (χ4v) is 5.71. The van der Waals surface area contributed by atoms with E-state index in [9.17, 15) is 27.6 Å². The highest BCUT2D eigenvalue weighted by molar-refractivity contribution is 7.93. The zero-order chi connectivity index (χ0) is 24.5. The van der Waals surface area contributed by atoms with Gasteiger partial charge in [-0.3, -0.25) is 25.0 Å². The van der Waals surface area contributed by atoms with Crippen molar-refractivity contribution in [2.24, 2.45) is 0 Å². The standard InChI is InChI=1S/C21H21N5O7S/c1-13(27)22-11-14-3-6-16(7-4-14)33-17-8-5-15(12-23-17)26-21(9-2-10-34(26,31)32)18(28)24-20(30)25-19(21)29/h3-8,12H,2,9-11H2,1H3,(H,22,27)(H2,24,25,28,29,30). The zero-order valence-corrected chi connectivity index (χ0v) is 18.8. The number of imide groups is 2. The number of aromatic nitrogens is 1. The van der Waals surface area contributed by atoms with Crippen LogP contribution in [-0.4, -0.2) is 48.4 Å². The number of benzene rings is 1. The highest BCUT2D eigenvalue weighted by Crippen LogP contribution is 2.37. The molecule has 1 spiro atoms. The number of hydrogen-bond donors (Lipinski definition) is 3. The molecule has 1 aromatic carbocycles. The van der Waals surface area contributed by atoms with Crippen molar-refractivity contribution >= 4 is 39.5 Å². The lowest BCUT2D eigenvalue weighted by Gasteiger charge is -2.45. The maximum atomic E-state index is 12.9. The van der Waals surface area contributed by atoms with E-state index in [2.05, 4.69) is 10.3 Å². The second-order valence-electron chi connectivity index (χ2n) is 7.79. The van der Waals surface area contributed by atoms with Crippen molar-refractivity contribution in [3.05, 3.63) is 48.2 Å². The smallest absolute Gasteiger partial charge is 0.328 e. The van der Waals surface area contributed by atoms with Gasteiger partial charge in [-0.15, -0.1) is 0 Å². The average Bonchev–Trinajstić information content (AvgIpc) is 2.77. The number of carbonyl (C=O) groups excluding carboxylic acids is 4. The van der Waals surface area contributed by atoms with Crippen molar-refractivity contribution in [2.75, 3.05) is 10.1 Å². The molecule has 0 atom stereocenters. The van der Waals surface area contributed by atoms with E-state index in [0.717, 1.165) is 9.87 Å². The van der Waals surface area contributed by atoms with Gasteiger partial charge in [-0.05, 0) is 36.6 Å². The van der Waals surface area contributed by atoms with E-state index in [1.54, 1.807) is 24.3 Å². The molecule has 13 heteroatoms. The fourth-order valence-electron chi connectivity index (χ4n) is 3.86. The number of nitrogens with zero attached hydrogens (tertiary/aromatic N) is 2. The second kappa shape index (κ2) is 8.74. The van der Waals surface area contributed by atoms with Crippen LogP contribution in [0.5, 0.6) is 11.6 Å². The number of rotatable bonds is 5. The Morgan fingerprint density at radius 2 is 1.79 bits per heavy atom. The monoisotopic (exact) mass is 487 g/mol. The first-order chi connectivity index (χ1) is 16.1. The fraction of sp³-hybridized carbons (Fsp3) is 0.286. The Kier molecular flexibility index (Phi) is 5.96. The Morgan fingerprint density at radius 3 is 2.38 bits per heavy atom. The third kappa shape index (κ3) is 4.29. The summed E-state index contributed by atoms with van der Waals surface area (Å²) < 4.78 is 32.3. The highest BCUT2D eigenvalue weighted by Gasteiger charge is 2.60. The minimum absolute atomic E-state index is 0.0163. The predicted molar refractivity (Wildman–Crippen MR) is 118 cm³/mol. The van der Waals surface area contributed by atoms with Crippen LogP contribution in [0.3, 0.4) is 0 Å². The van der Waals surface area contributed by atoms with Crippen LogP contribution in [0, 0.1) is 0 Å². The zero-order valence-electron chi connectivity index (χ0n) is 18.0. The van der Waals surface area contributed by atoms with Crippen molar-refractivity contribution < 1.29 is 32.3 Å². The number of anilines is 1. The lowest BCUT2D eigenvalue weighted by Crippen LogP contribution is -2.75. The topological polar surface area (TPSA) is 164 Å². The molecule has 0 aliphatic carbocycles. The summed E-state index contributed by atoms with van der Waals surface area (Å²) in [6, 6.07) is 8.68. The molecular weight excluding hydrogens is 466 g/mol. The van der Waals surface area contributed by atoms with E-state index >= 15 is 0 Å². The summed E-state index contributed by atoms with van der Waals surface area (Å²) in [4.78, 5) is 52.1. The van der Waals surface area contributed by atoms with Crippen LogP contribution in [0.1, 0.15) is 25.3 Å². The molecular formula is C21H21N5O7S. The predicted octanol–water partition coefficient (Wildman–Crippen LogP) is 0.545. The van der Waals surface area contributed by atoms with Crippen LogP contribution in [0.15, 0.2) is 42.6 Å². The summed E-state index contributed by atoms with van der Waals surface area (Å²) in [5.74, 6) is -1.83. The van der Waals surface area contributed by atoms with Gasteiger partial charge in [0.1, 0.15) is 5.75 Å². The number of sulfonamides is 1. The van der Waals surface area contributed by atoms with Crippen LogP contribution in [0.2, 0.25) is 0 Å². The molecule has 2 aromatic rings. The van der Waals surface area contributed by atoms with E-state index in [0.29, 0.717) is 12.3 Å². The van der Waals surface area contributed by atoms with Crippen LogP contribution in [0.25, 0.3) is 0 Å². The van der Waals surface area contributed by atoms with Crippen LogP contribution >= 0.6 is 0 Å². The van der Waals surface area contributed by atoms with E-state index in [1.807, 2.05) is 10.6 Å². The number of hydrogen-bond acceptors (Lipinski definition) is 8. The Hall–Kier alpha value is -4.00. The summed E-state index contributed by atoms with van der Waals surface area (Å²) in [7, 11) is -4.07. The number of urea groups is 1. The number of nitrogens with one attached hydrogen (secondary N) is 3. The van der Waals surface area contributed by atoms with E-state index in [-0.39, 0.29) is 36.1 Å². The summed E-state index contributed by atoms with van der Waals surface area (Å²) in [5.41, 5.74) is -1.27. The van der Waals surface area contributed by atoms with Gasteiger partial charge >= 0.3 is 6.03 Å². The normalized spacial score (nSPS) is 18.7. The Morgan fingerprint density at radius 1 is 1.12 bits per heavy atom. The van der Waals surface area contributed by atoms with Crippen molar-refractivity contribution in [1.29, 1.82) is 0 Å². The molecule has 2 aliphatic heterocycles. The van der Waals surface area contributed by atoms with Crippen molar-refractivity contribution in [3.63, 3.8) is 0 Å². The molecule has 34 heavy (non-hydrogen) atoms. The largest absolute Gasteiger partial charge is 0.439 e. The van der Waals surface area contributed by atoms with Gasteiger partial charge < -0.3 is 10.1 Å².